The van der Waals surface area contributed by atoms with Gasteiger partial charge in [0.1, 0.15) is 5.75 Å². The van der Waals surface area contributed by atoms with Crippen LogP contribution in [-0.4, -0.2) is 38.3 Å². The molecule has 6 nitrogen and oxygen atoms in total. The van der Waals surface area contributed by atoms with Crippen LogP contribution >= 0.6 is 0 Å². The van der Waals surface area contributed by atoms with E-state index in [9.17, 15) is 13.2 Å². The van der Waals surface area contributed by atoms with E-state index in [4.69, 9.17) is 4.74 Å². The molecule has 7 heteroatoms. The minimum absolute atomic E-state index is 0.168. The molecule has 0 spiro atoms. The molecule has 0 fully saturated rings. The van der Waals surface area contributed by atoms with Gasteiger partial charge in [-0.15, -0.1) is 0 Å². The fourth-order valence-corrected chi connectivity index (χ4v) is 4.14. The van der Waals surface area contributed by atoms with Crippen molar-refractivity contribution in [3.63, 3.8) is 0 Å². The van der Waals surface area contributed by atoms with E-state index in [-0.39, 0.29) is 17.2 Å². The molecule has 0 radical (unpaired) electrons. The maximum Gasteiger partial charge on any atom is 0.243 e. The Bertz CT molecular complexity index is 843. The van der Waals surface area contributed by atoms with Crippen LogP contribution in [0.25, 0.3) is 0 Å². The van der Waals surface area contributed by atoms with Gasteiger partial charge in [-0.3, -0.25) is 4.79 Å². The van der Waals surface area contributed by atoms with Crippen LogP contribution in [0.5, 0.6) is 5.75 Å². The third kappa shape index (κ3) is 5.55. The van der Waals surface area contributed by atoms with Gasteiger partial charge in [0.2, 0.25) is 15.9 Å². The predicted molar refractivity (Wildman–Crippen MR) is 106 cm³/mol. The summed E-state index contributed by atoms with van der Waals surface area (Å²) in [4.78, 5) is 12.4. The highest BCUT2D eigenvalue weighted by molar-refractivity contribution is 7.89. The number of benzene rings is 2. The van der Waals surface area contributed by atoms with E-state index in [2.05, 4.69) is 5.32 Å². The molecule has 0 saturated carbocycles. The molecule has 0 saturated heterocycles. The van der Waals surface area contributed by atoms with Gasteiger partial charge >= 0.3 is 0 Å². The van der Waals surface area contributed by atoms with E-state index in [1.807, 2.05) is 31.2 Å². The summed E-state index contributed by atoms with van der Waals surface area (Å²) in [5, 5.41) is 2.79. The lowest BCUT2D eigenvalue weighted by atomic mass is 10.1. The molecule has 2 aromatic carbocycles. The lowest BCUT2D eigenvalue weighted by Crippen LogP contribution is -2.30. The van der Waals surface area contributed by atoms with Crippen molar-refractivity contribution in [3.8, 4) is 5.75 Å². The van der Waals surface area contributed by atoms with Gasteiger partial charge in [0.25, 0.3) is 0 Å². The van der Waals surface area contributed by atoms with Crippen molar-refractivity contribution < 1.29 is 17.9 Å². The molecule has 2 rings (SSSR count). The summed E-state index contributed by atoms with van der Waals surface area (Å²) < 4.78 is 31.7. The zero-order valence-electron chi connectivity index (χ0n) is 15.9. The summed E-state index contributed by atoms with van der Waals surface area (Å²) >= 11 is 0. The number of hydrogen-bond acceptors (Lipinski definition) is 4. The van der Waals surface area contributed by atoms with E-state index >= 15 is 0 Å². The Morgan fingerprint density at radius 1 is 0.963 bits per heavy atom. The largest absolute Gasteiger partial charge is 0.494 e. The molecule has 146 valence electrons. The molecule has 0 aliphatic carbocycles. The average Bonchev–Trinajstić information content (AvgIpc) is 2.65. The number of anilines is 1. The molecule has 2 aromatic rings. The van der Waals surface area contributed by atoms with Gasteiger partial charge in [-0.2, -0.15) is 4.31 Å². The Morgan fingerprint density at radius 3 is 2.07 bits per heavy atom. The van der Waals surface area contributed by atoms with E-state index in [1.165, 1.54) is 16.4 Å². The Kier molecular flexibility index (Phi) is 7.38. The lowest BCUT2D eigenvalue weighted by molar-refractivity contribution is -0.115. The number of nitrogens with zero attached hydrogens (tertiary/aromatic N) is 1. The molecular formula is C20H26N2O4S. The number of sulfonamides is 1. The fourth-order valence-electron chi connectivity index (χ4n) is 2.68. The van der Waals surface area contributed by atoms with Crippen LogP contribution in [0.3, 0.4) is 0 Å². The van der Waals surface area contributed by atoms with Crippen LogP contribution in [0.4, 0.5) is 5.69 Å². The van der Waals surface area contributed by atoms with Crippen LogP contribution in [0.15, 0.2) is 53.4 Å². The van der Waals surface area contributed by atoms with Gasteiger partial charge in [-0.25, -0.2) is 8.42 Å². The number of carbonyl (C=O) groups excluding carboxylic acids is 1. The Hall–Kier alpha value is -2.38. The molecule has 0 aliphatic heterocycles. The van der Waals surface area contributed by atoms with E-state index in [0.29, 0.717) is 25.4 Å². The molecule has 0 aromatic heterocycles. The van der Waals surface area contributed by atoms with Gasteiger partial charge in [-0.05, 0) is 48.9 Å². The standard InChI is InChI=1S/C20H26N2O4S/c1-4-22(5-2)27(24,25)19-13-9-17(10-14-19)21-20(23)15-16-7-11-18(12-8-16)26-6-3/h7-14H,4-6,15H2,1-3H3,(H,21,23). The molecule has 1 N–H and O–H groups in total. The van der Waals surface area contributed by atoms with Crippen molar-refractivity contribution in [3.05, 3.63) is 54.1 Å². The maximum atomic E-state index is 12.5. The van der Waals surface area contributed by atoms with Crippen molar-refractivity contribution in [1.29, 1.82) is 0 Å². The van der Waals surface area contributed by atoms with E-state index in [0.717, 1.165) is 11.3 Å². The second kappa shape index (κ2) is 9.53. The van der Waals surface area contributed by atoms with Gasteiger partial charge in [0, 0.05) is 18.8 Å². The van der Waals surface area contributed by atoms with E-state index < -0.39 is 10.0 Å². The number of carbonyl (C=O) groups is 1. The van der Waals surface area contributed by atoms with Crippen LogP contribution in [-0.2, 0) is 21.2 Å². The number of rotatable bonds is 9. The quantitative estimate of drug-likeness (QED) is 0.713. The number of nitrogens with one attached hydrogen (secondary N) is 1. The Morgan fingerprint density at radius 2 is 1.56 bits per heavy atom. The van der Waals surface area contributed by atoms with Crippen molar-refractivity contribution in [2.45, 2.75) is 32.1 Å². The first-order chi connectivity index (χ1) is 12.9. The first-order valence-electron chi connectivity index (χ1n) is 9.02. The highest BCUT2D eigenvalue weighted by Gasteiger charge is 2.21. The van der Waals surface area contributed by atoms with E-state index in [1.54, 1.807) is 26.0 Å². The summed E-state index contributed by atoms with van der Waals surface area (Å²) in [6.07, 6.45) is 0.228. The number of ether oxygens (including phenoxy) is 1. The summed E-state index contributed by atoms with van der Waals surface area (Å²) in [6.45, 7) is 6.95. The Balaban J connectivity index is 2.00. The zero-order valence-corrected chi connectivity index (χ0v) is 16.8. The molecule has 0 unspecified atom stereocenters. The molecule has 0 bridgehead atoms. The van der Waals surface area contributed by atoms with Gasteiger partial charge in [0.15, 0.2) is 0 Å². The summed E-state index contributed by atoms with van der Waals surface area (Å²) in [5.74, 6) is 0.602. The van der Waals surface area contributed by atoms with Gasteiger partial charge in [-0.1, -0.05) is 26.0 Å². The summed E-state index contributed by atoms with van der Waals surface area (Å²) in [7, 11) is -3.50. The zero-order chi connectivity index (χ0) is 19.9. The van der Waals surface area contributed by atoms with Crippen LogP contribution in [0.2, 0.25) is 0 Å². The average molecular weight is 391 g/mol. The van der Waals surface area contributed by atoms with Crippen LogP contribution < -0.4 is 10.1 Å². The highest BCUT2D eigenvalue weighted by Crippen LogP contribution is 2.19. The first-order valence-corrected chi connectivity index (χ1v) is 10.5. The van der Waals surface area contributed by atoms with Crippen molar-refractivity contribution in [2.75, 3.05) is 25.0 Å². The molecule has 0 atom stereocenters. The minimum Gasteiger partial charge on any atom is -0.494 e. The number of amides is 1. The van der Waals surface area contributed by atoms with Crippen molar-refractivity contribution in [2.24, 2.45) is 0 Å². The lowest BCUT2D eigenvalue weighted by Gasteiger charge is -2.18. The summed E-state index contributed by atoms with van der Waals surface area (Å²) in [5.41, 5.74) is 1.43. The second-order valence-electron chi connectivity index (χ2n) is 5.92. The van der Waals surface area contributed by atoms with Crippen LogP contribution in [0.1, 0.15) is 26.3 Å². The smallest absolute Gasteiger partial charge is 0.243 e. The van der Waals surface area contributed by atoms with Gasteiger partial charge < -0.3 is 10.1 Å². The molecule has 0 heterocycles. The molecule has 27 heavy (non-hydrogen) atoms. The van der Waals surface area contributed by atoms with Gasteiger partial charge in [0.05, 0.1) is 17.9 Å². The topological polar surface area (TPSA) is 75.7 Å². The van der Waals surface area contributed by atoms with Crippen molar-refractivity contribution >= 4 is 21.6 Å². The predicted octanol–water partition coefficient (Wildman–Crippen LogP) is 3.30. The van der Waals surface area contributed by atoms with Crippen LogP contribution in [0, 0.1) is 0 Å². The molecule has 1 amide bonds. The number of hydrogen-bond donors (Lipinski definition) is 1. The third-order valence-corrected chi connectivity index (χ3v) is 6.14. The second-order valence-corrected chi connectivity index (χ2v) is 7.85. The Labute approximate surface area is 161 Å². The highest BCUT2D eigenvalue weighted by atomic mass is 32.2. The third-order valence-electron chi connectivity index (χ3n) is 4.08. The maximum absolute atomic E-state index is 12.5. The minimum atomic E-state index is -3.50. The monoisotopic (exact) mass is 390 g/mol. The SMILES string of the molecule is CCOc1ccc(CC(=O)Nc2ccc(S(=O)(=O)N(CC)CC)cc2)cc1. The fraction of sp³-hybridized carbons (Fsp3) is 0.350. The first kappa shape index (κ1) is 20.9. The molecular weight excluding hydrogens is 364 g/mol. The summed E-state index contributed by atoms with van der Waals surface area (Å²) in [6, 6.07) is 13.6. The molecule has 0 aliphatic rings. The normalized spacial score (nSPS) is 11.4. The van der Waals surface area contributed by atoms with Crippen molar-refractivity contribution in [1.82, 2.24) is 4.31 Å².